The molecule has 29 heavy (non-hydrogen) atoms. The second-order valence-corrected chi connectivity index (χ2v) is 7.94. The summed E-state index contributed by atoms with van der Waals surface area (Å²) in [6.07, 6.45) is 0.497. The van der Waals surface area contributed by atoms with E-state index >= 15 is 0 Å². The number of carbonyl (C=O) groups excluding carboxylic acids is 1. The lowest BCUT2D eigenvalue weighted by Gasteiger charge is -2.07. The third-order valence-corrected chi connectivity index (χ3v) is 5.89. The van der Waals surface area contributed by atoms with Gasteiger partial charge in [0.05, 0.1) is 17.6 Å². The number of carbonyl (C=O) groups is 1. The van der Waals surface area contributed by atoms with Gasteiger partial charge in [-0.1, -0.05) is 30.3 Å². The van der Waals surface area contributed by atoms with Gasteiger partial charge in [-0.05, 0) is 25.0 Å². The van der Waals surface area contributed by atoms with E-state index in [1.807, 2.05) is 50.2 Å². The van der Waals surface area contributed by atoms with E-state index < -0.39 is 0 Å². The number of aromatic amines is 1. The number of fused-ring (bicyclic) bond motifs is 1. The number of anilines is 1. The number of rotatable bonds is 5. The highest BCUT2D eigenvalue weighted by Crippen LogP contribution is 2.35. The average Bonchev–Trinajstić information content (AvgIpc) is 3.19. The van der Waals surface area contributed by atoms with Gasteiger partial charge in [-0.25, -0.2) is 9.67 Å². The lowest BCUT2D eigenvalue weighted by molar-refractivity contribution is -0.114. The van der Waals surface area contributed by atoms with Gasteiger partial charge in [-0.15, -0.1) is 11.3 Å². The van der Waals surface area contributed by atoms with Gasteiger partial charge in [0, 0.05) is 24.3 Å². The number of hydrogen-bond acceptors (Lipinski definition) is 5. The molecule has 8 heteroatoms. The van der Waals surface area contributed by atoms with Crippen LogP contribution < -0.4 is 10.9 Å². The summed E-state index contributed by atoms with van der Waals surface area (Å²) < 4.78 is 1.72. The van der Waals surface area contributed by atoms with E-state index in [1.165, 1.54) is 18.3 Å². The van der Waals surface area contributed by atoms with Crippen molar-refractivity contribution in [3.05, 3.63) is 63.8 Å². The van der Waals surface area contributed by atoms with Gasteiger partial charge in [0.25, 0.3) is 5.56 Å². The average molecular weight is 407 g/mol. The predicted octanol–water partition coefficient (Wildman–Crippen LogP) is 3.67. The number of thiophene rings is 1. The largest absolute Gasteiger partial charge is 0.311 e. The van der Waals surface area contributed by atoms with Crippen LogP contribution in [0.3, 0.4) is 0 Å². The Morgan fingerprint density at radius 3 is 2.72 bits per heavy atom. The molecule has 0 aliphatic rings. The summed E-state index contributed by atoms with van der Waals surface area (Å²) in [6.45, 7) is 5.79. The Hall–Kier alpha value is -3.26. The first-order valence-electron chi connectivity index (χ1n) is 9.32. The number of aryl methyl sites for hydroxylation is 4. The highest BCUT2D eigenvalue weighted by atomic mass is 32.1. The number of nitrogens with zero attached hydrogens (tertiary/aromatic N) is 3. The molecule has 1 aromatic carbocycles. The molecular formula is C21H21N5O2S. The van der Waals surface area contributed by atoms with E-state index in [9.17, 15) is 9.59 Å². The summed E-state index contributed by atoms with van der Waals surface area (Å²) in [5, 5.41) is 7.82. The number of hydrogen-bond donors (Lipinski definition) is 2. The van der Waals surface area contributed by atoms with Crippen LogP contribution in [0.1, 0.15) is 24.0 Å². The van der Waals surface area contributed by atoms with Crippen molar-refractivity contribution in [1.82, 2.24) is 19.7 Å². The molecule has 3 heterocycles. The zero-order valence-corrected chi connectivity index (χ0v) is 17.3. The van der Waals surface area contributed by atoms with Gasteiger partial charge in [0.15, 0.2) is 0 Å². The molecule has 0 spiro atoms. The smallest absolute Gasteiger partial charge is 0.259 e. The van der Waals surface area contributed by atoms with Gasteiger partial charge < -0.3 is 10.3 Å². The normalized spacial score (nSPS) is 11.1. The zero-order valence-electron chi connectivity index (χ0n) is 16.4. The van der Waals surface area contributed by atoms with E-state index in [1.54, 1.807) is 4.68 Å². The third kappa shape index (κ3) is 3.84. The first-order valence-corrected chi connectivity index (χ1v) is 10.1. The third-order valence-electron chi connectivity index (χ3n) is 4.65. The molecule has 4 rings (SSSR count). The minimum absolute atomic E-state index is 0.125. The Morgan fingerprint density at radius 1 is 1.24 bits per heavy atom. The lowest BCUT2D eigenvalue weighted by Crippen LogP contribution is -2.16. The molecule has 1 amide bonds. The van der Waals surface area contributed by atoms with Crippen LogP contribution >= 0.6 is 11.3 Å². The van der Waals surface area contributed by atoms with Crippen molar-refractivity contribution in [3.63, 3.8) is 0 Å². The van der Waals surface area contributed by atoms with Gasteiger partial charge in [0.2, 0.25) is 5.91 Å². The summed E-state index contributed by atoms with van der Waals surface area (Å²) in [4.78, 5) is 33.5. The summed E-state index contributed by atoms with van der Waals surface area (Å²) in [7, 11) is 0. The molecule has 0 atom stereocenters. The molecule has 7 nitrogen and oxygen atoms in total. The summed E-state index contributed by atoms with van der Waals surface area (Å²) >= 11 is 1.53. The molecule has 0 saturated carbocycles. The van der Waals surface area contributed by atoms with Gasteiger partial charge in [0.1, 0.15) is 16.5 Å². The first-order chi connectivity index (χ1) is 13.9. The Morgan fingerprint density at radius 2 is 2.00 bits per heavy atom. The van der Waals surface area contributed by atoms with Crippen molar-refractivity contribution >= 4 is 33.3 Å². The molecule has 148 valence electrons. The van der Waals surface area contributed by atoms with Gasteiger partial charge in [-0.3, -0.25) is 9.59 Å². The molecule has 3 aromatic heterocycles. The van der Waals surface area contributed by atoms with E-state index in [0.29, 0.717) is 30.0 Å². The highest BCUT2D eigenvalue weighted by Gasteiger charge is 2.16. The van der Waals surface area contributed by atoms with Crippen LogP contribution in [-0.2, 0) is 17.8 Å². The van der Waals surface area contributed by atoms with Crippen molar-refractivity contribution in [1.29, 1.82) is 0 Å². The summed E-state index contributed by atoms with van der Waals surface area (Å²) in [5.74, 6) is 1.09. The van der Waals surface area contributed by atoms with Crippen LogP contribution in [0, 0.1) is 13.8 Å². The maximum Gasteiger partial charge on any atom is 0.259 e. The van der Waals surface area contributed by atoms with Crippen LogP contribution in [0.25, 0.3) is 20.7 Å². The molecule has 0 aliphatic heterocycles. The Kier molecular flexibility index (Phi) is 5.02. The molecular weight excluding hydrogens is 386 g/mol. The molecule has 0 unspecified atom stereocenters. The Balaban J connectivity index is 1.65. The molecule has 2 N–H and O–H groups in total. The molecule has 0 fully saturated rings. The van der Waals surface area contributed by atoms with E-state index in [2.05, 4.69) is 15.4 Å². The number of H-pyrrole nitrogens is 1. The number of aromatic nitrogens is 4. The van der Waals surface area contributed by atoms with Crippen LogP contribution in [0.15, 0.2) is 41.2 Å². The fraction of sp³-hybridized carbons (Fsp3) is 0.238. The fourth-order valence-corrected chi connectivity index (χ4v) is 4.59. The van der Waals surface area contributed by atoms with Crippen LogP contribution in [0.4, 0.5) is 5.82 Å². The SMILES string of the molecule is CC(=O)Nc1cc(C)nn1CCc1nc2sc(-c3ccccc3)c(C)c2c(=O)[nH]1. The van der Waals surface area contributed by atoms with E-state index in [4.69, 9.17) is 4.98 Å². The van der Waals surface area contributed by atoms with Crippen molar-refractivity contribution in [2.24, 2.45) is 0 Å². The Labute approximate surface area is 171 Å². The van der Waals surface area contributed by atoms with Crippen LogP contribution in [0.2, 0.25) is 0 Å². The molecule has 4 aromatic rings. The standard InChI is InChI=1S/C21H21N5O2S/c1-12-11-17(22-14(3)27)26(25-12)10-9-16-23-20(28)18-13(2)19(29-21(18)24-16)15-7-5-4-6-8-15/h4-8,11H,9-10H2,1-3H3,(H,22,27)(H,23,24,28). The number of amides is 1. The van der Waals surface area contributed by atoms with Crippen molar-refractivity contribution < 1.29 is 4.79 Å². The van der Waals surface area contributed by atoms with Crippen LogP contribution in [-0.4, -0.2) is 25.7 Å². The molecule has 0 bridgehead atoms. The monoisotopic (exact) mass is 407 g/mol. The molecule has 0 aliphatic carbocycles. The minimum Gasteiger partial charge on any atom is -0.311 e. The van der Waals surface area contributed by atoms with E-state index in [0.717, 1.165) is 26.5 Å². The number of nitrogens with one attached hydrogen (secondary N) is 2. The molecule has 0 radical (unpaired) electrons. The minimum atomic E-state index is -0.151. The van der Waals surface area contributed by atoms with Gasteiger partial charge >= 0.3 is 0 Å². The summed E-state index contributed by atoms with van der Waals surface area (Å²) in [6, 6.07) is 11.8. The molecule has 0 saturated heterocycles. The maximum absolute atomic E-state index is 12.7. The summed E-state index contributed by atoms with van der Waals surface area (Å²) in [5.41, 5.74) is 2.72. The van der Waals surface area contributed by atoms with Crippen LogP contribution in [0.5, 0.6) is 0 Å². The van der Waals surface area contributed by atoms with Gasteiger partial charge in [-0.2, -0.15) is 5.10 Å². The zero-order chi connectivity index (χ0) is 20.5. The Bertz CT molecular complexity index is 1250. The topological polar surface area (TPSA) is 92.7 Å². The predicted molar refractivity (Wildman–Crippen MR) is 115 cm³/mol. The lowest BCUT2D eigenvalue weighted by atomic mass is 10.1. The van der Waals surface area contributed by atoms with Crippen molar-refractivity contribution in [3.8, 4) is 10.4 Å². The van der Waals surface area contributed by atoms with E-state index in [-0.39, 0.29) is 11.5 Å². The highest BCUT2D eigenvalue weighted by molar-refractivity contribution is 7.22. The quantitative estimate of drug-likeness (QED) is 0.528. The van der Waals surface area contributed by atoms with Crippen molar-refractivity contribution in [2.45, 2.75) is 33.7 Å². The first kappa shape index (κ1) is 19.1. The second-order valence-electron chi connectivity index (χ2n) is 6.94. The second kappa shape index (κ2) is 7.63. The van der Waals surface area contributed by atoms with Crippen molar-refractivity contribution in [2.75, 3.05) is 5.32 Å². The fourth-order valence-electron chi connectivity index (χ4n) is 3.38. The number of benzene rings is 1. The maximum atomic E-state index is 12.7.